The molecule has 0 aromatic rings. The third kappa shape index (κ3) is 1.96. The van der Waals surface area contributed by atoms with E-state index in [4.69, 9.17) is 5.73 Å². The first-order valence-electron chi connectivity index (χ1n) is 4.31. The molecule has 0 aromatic carbocycles. The summed E-state index contributed by atoms with van der Waals surface area (Å²) in [5, 5.41) is 3.36. The zero-order chi connectivity index (χ0) is 7.40. The van der Waals surface area contributed by atoms with Gasteiger partial charge in [0, 0.05) is 6.04 Å². The highest BCUT2D eigenvalue weighted by atomic mass is 14.9. The van der Waals surface area contributed by atoms with E-state index in [9.17, 15) is 0 Å². The average molecular weight is 142 g/mol. The average Bonchev–Trinajstić information content (AvgIpc) is 2.13. The van der Waals surface area contributed by atoms with Gasteiger partial charge in [-0.3, -0.25) is 0 Å². The molecule has 10 heavy (non-hydrogen) atoms. The van der Waals surface area contributed by atoms with Crippen LogP contribution in [0.25, 0.3) is 0 Å². The maximum atomic E-state index is 5.95. The summed E-state index contributed by atoms with van der Waals surface area (Å²) in [6.45, 7) is 4.50. The van der Waals surface area contributed by atoms with Crippen LogP contribution in [0.2, 0.25) is 0 Å². The van der Waals surface area contributed by atoms with E-state index < -0.39 is 0 Å². The van der Waals surface area contributed by atoms with Gasteiger partial charge in [-0.2, -0.15) is 0 Å². The standard InChI is InChI=1S/C8H18N2/c1-2-7-3-5-10-6-4-8(7)9/h7-8,10H,2-6,9H2,1H3/t7-,8+/m1/s1. The lowest BCUT2D eigenvalue weighted by atomic mass is 9.93. The van der Waals surface area contributed by atoms with Gasteiger partial charge in [0.1, 0.15) is 0 Å². The largest absolute Gasteiger partial charge is 0.327 e. The van der Waals surface area contributed by atoms with Gasteiger partial charge in [0.25, 0.3) is 0 Å². The normalized spacial score (nSPS) is 35.4. The molecule has 1 aliphatic rings. The summed E-state index contributed by atoms with van der Waals surface area (Å²) >= 11 is 0. The Hall–Kier alpha value is -0.0800. The molecule has 1 heterocycles. The fraction of sp³-hybridized carbons (Fsp3) is 1.00. The molecule has 1 saturated heterocycles. The van der Waals surface area contributed by atoms with Gasteiger partial charge in [-0.05, 0) is 31.8 Å². The number of hydrogen-bond donors (Lipinski definition) is 2. The lowest BCUT2D eigenvalue weighted by Crippen LogP contribution is -2.29. The van der Waals surface area contributed by atoms with Crippen LogP contribution < -0.4 is 11.1 Å². The first-order chi connectivity index (χ1) is 4.84. The number of hydrogen-bond acceptors (Lipinski definition) is 2. The second-order valence-corrected chi connectivity index (χ2v) is 3.16. The Morgan fingerprint density at radius 3 is 2.80 bits per heavy atom. The molecule has 60 valence electrons. The molecule has 3 N–H and O–H groups in total. The fourth-order valence-electron chi connectivity index (χ4n) is 1.64. The molecular weight excluding hydrogens is 124 g/mol. The van der Waals surface area contributed by atoms with Crippen LogP contribution in [0, 0.1) is 5.92 Å². The minimum Gasteiger partial charge on any atom is -0.327 e. The summed E-state index contributed by atoms with van der Waals surface area (Å²) in [5.74, 6) is 0.759. The Kier molecular flexibility index (Phi) is 3.16. The molecule has 2 atom stereocenters. The second kappa shape index (κ2) is 3.94. The van der Waals surface area contributed by atoms with Crippen molar-refractivity contribution in [2.75, 3.05) is 13.1 Å². The van der Waals surface area contributed by atoms with Crippen molar-refractivity contribution in [1.29, 1.82) is 0 Å². The Morgan fingerprint density at radius 2 is 2.10 bits per heavy atom. The van der Waals surface area contributed by atoms with Gasteiger partial charge in [0.15, 0.2) is 0 Å². The predicted molar refractivity (Wildman–Crippen MR) is 43.9 cm³/mol. The van der Waals surface area contributed by atoms with Crippen molar-refractivity contribution in [3.05, 3.63) is 0 Å². The van der Waals surface area contributed by atoms with Gasteiger partial charge >= 0.3 is 0 Å². The van der Waals surface area contributed by atoms with Crippen LogP contribution in [-0.2, 0) is 0 Å². The third-order valence-corrected chi connectivity index (χ3v) is 2.48. The third-order valence-electron chi connectivity index (χ3n) is 2.48. The van der Waals surface area contributed by atoms with E-state index in [-0.39, 0.29) is 0 Å². The SMILES string of the molecule is CC[C@@H]1CCNCC[C@@H]1N. The minimum absolute atomic E-state index is 0.444. The first-order valence-corrected chi connectivity index (χ1v) is 4.31. The van der Waals surface area contributed by atoms with Crippen molar-refractivity contribution in [1.82, 2.24) is 5.32 Å². The van der Waals surface area contributed by atoms with Crippen molar-refractivity contribution < 1.29 is 0 Å². The van der Waals surface area contributed by atoms with Crippen LogP contribution >= 0.6 is 0 Å². The molecule has 2 nitrogen and oxygen atoms in total. The van der Waals surface area contributed by atoms with E-state index in [1.165, 1.54) is 12.8 Å². The number of nitrogens with two attached hydrogens (primary N) is 1. The molecule has 2 heteroatoms. The molecule has 0 amide bonds. The van der Waals surface area contributed by atoms with Crippen molar-refractivity contribution in [2.45, 2.75) is 32.2 Å². The summed E-state index contributed by atoms with van der Waals surface area (Å²) in [7, 11) is 0. The second-order valence-electron chi connectivity index (χ2n) is 3.16. The highest BCUT2D eigenvalue weighted by molar-refractivity contribution is 4.76. The van der Waals surface area contributed by atoms with Crippen LogP contribution in [0.3, 0.4) is 0 Å². The number of nitrogens with one attached hydrogen (secondary N) is 1. The van der Waals surface area contributed by atoms with E-state index in [0.29, 0.717) is 6.04 Å². The Morgan fingerprint density at radius 1 is 1.40 bits per heavy atom. The van der Waals surface area contributed by atoms with Crippen molar-refractivity contribution in [3.63, 3.8) is 0 Å². The van der Waals surface area contributed by atoms with E-state index in [1.807, 2.05) is 0 Å². The quantitative estimate of drug-likeness (QED) is 0.566. The van der Waals surface area contributed by atoms with Crippen LogP contribution in [0.15, 0.2) is 0 Å². The molecule has 0 aliphatic carbocycles. The lowest BCUT2D eigenvalue weighted by Gasteiger charge is -2.18. The van der Waals surface area contributed by atoms with Crippen LogP contribution in [0.4, 0.5) is 0 Å². The van der Waals surface area contributed by atoms with Gasteiger partial charge in [-0.25, -0.2) is 0 Å². The van der Waals surface area contributed by atoms with Gasteiger partial charge < -0.3 is 11.1 Å². The number of rotatable bonds is 1. The van der Waals surface area contributed by atoms with Gasteiger partial charge in [-0.1, -0.05) is 13.3 Å². The molecule has 0 spiro atoms. The summed E-state index contributed by atoms with van der Waals surface area (Å²) in [6, 6.07) is 0.444. The lowest BCUT2D eigenvalue weighted by molar-refractivity contribution is 0.396. The van der Waals surface area contributed by atoms with Crippen LogP contribution in [0.1, 0.15) is 26.2 Å². The highest BCUT2D eigenvalue weighted by Gasteiger charge is 2.17. The summed E-state index contributed by atoms with van der Waals surface area (Å²) < 4.78 is 0. The summed E-state index contributed by atoms with van der Waals surface area (Å²) in [4.78, 5) is 0. The Balaban J connectivity index is 2.35. The van der Waals surface area contributed by atoms with Crippen molar-refractivity contribution in [3.8, 4) is 0 Å². The first kappa shape index (κ1) is 8.02. The summed E-state index contributed by atoms with van der Waals surface area (Å²) in [6.07, 6.45) is 3.65. The van der Waals surface area contributed by atoms with Gasteiger partial charge in [0.2, 0.25) is 0 Å². The maximum Gasteiger partial charge on any atom is 0.00796 e. The molecule has 0 saturated carbocycles. The van der Waals surface area contributed by atoms with E-state index >= 15 is 0 Å². The van der Waals surface area contributed by atoms with Gasteiger partial charge in [-0.15, -0.1) is 0 Å². The zero-order valence-corrected chi connectivity index (χ0v) is 6.77. The highest BCUT2D eigenvalue weighted by Crippen LogP contribution is 2.15. The summed E-state index contributed by atoms with van der Waals surface area (Å²) in [5.41, 5.74) is 5.95. The molecule has 0 aromatic heterocycles. The Labute approximate surface area is 63.2 Å². The van der Waals surface area contributed by atoms with Crippen LogP contribution in [-0.4, -0.2) is 19.1 Å². The minimum atomic E-state index is 0.444. The molecule has 1 fully saturated rings. The van der Waals surface area contributed by atoms with Crippen molar-refractivity contribution >= 4 is 0 Å². The molecule has 1 rings (SSSR count). The molecule has 1 aliphatic heterocycles. The smallest absolute Gasteiger partial charge is 0.00796 e. The van der Waals surface area contributed by atoms with Gasteiger partial charge in [0.05, 0.1) is 0 Å². The predicted octanol–water partition coefficient (Wildman–Crippen LogP) is 0.723. The topological polar surface area (TPSA) is 38.0 Å². The zero-order valence-electron chi connectivity index (χ0n) is 6.77. The van der Waals surface area contributed by atoms with E-state index in [0.717, 1.165) is 25.4 Å². The molecular formula is C8H18N2. The monoisotopic (exact) mass is 142 g/mol. The van der Waals surface area contributed by atoms with E-state index in [2.05, 4.69) is 12.2 Å². The van der Waals surface area contributed by atoms with Crippen molar-refractivity contribution in [2.24, 2.45) is 11.7 Å². The maximum absolute atomic E-state index is 5.95. The van der Waals surface area contributed by atoms with E-state index in [1.54, 1.807) is 0 Å². The molecule has 0 bridgehead atoms. The molecule has 0 unspecified atom stereocenters. The Bertz CT molecular complexity index is 93.3. The van der Waals surface area contributed by atoms with Crippen LogP contribution in [0.5, 0.6) is 0 Å². The fourth-order valence-corrected chi connectivity index (χ4v) is 1.64. The molecule has 0 radical (unpaired) electrons.